The molecule has 0 aliphatic heterocycles. The molecule has 0 saturated heterocycles. The van der Waals surface area contributed by atoms with Crippen LogP contribution < -0.4 is 5.32 Å². The molecule has 0 radical (unpaired) electrons. The lowest BCUT2D eigenvalue weighted by Gasteiger charge is -2.31. The topological polar surface area (TPSA) is 49.3 Å². The number of amides is 1. The van der Waals surface area contributed by atoms with E-state index < -0.39 is 6.61 Å². The zero-order valence-corrected chi connectivity index (χ0v) is 10.2. The molecule has 0 unspecified atom stereocenters. The Morgan fingerprint density at radius 3 is 2.71 bits per heavy atom. The number of nitrogens with one attached hydrogen (secondary N) is 1. The van der Waals surface area contributed by atoms with Crippen LogP contribution in [0.25, 0.3) is 0 Å². The molecule has 1 amide bonds. The number of hydrogen-bond donors (Lipinski definition) is 2. The second kappa shape index (κ2) is 4.88. The first kappa shape index (κ1) is 12.1. The molecule has 1 saturated carbocycles. The van der Waals surface area contributed by atoms with Crippen molar-refractivity contribution in [1.29, 1.82) is 0 Å². The molecular formula is C14H19NO2. The van der Waals surface area contributed by atoms with Crippen molar-refractivity contribution in [1.82, 2.24) is 5.32 Å². The number of benzene rings is 1. The van der Waals surface area contributed by atoms with Crippen molar-refractivity contribution in [2.24, 2.45) is 0 Å². The zero-order valence-electron chi connectivity index (χ0n) is 10.2. The van der Waals surface area contributed by atoms with Gasteiger partial charge in [0.1, 0.15) is 6.61 Å². The molecule has 17 heavy (non-hydrogen) atoms. The zero-order chi connectivity index (χ0) is 12.3. The number of aliphatic hydroxyl groups is 1. The van der Waals surface area contributed by atoms with Crippen LogP contribution in [0.1, 0.15) is 36.8 Å². The summed E-state index contributed by atoms with van der Waals surface area (Å²) in [5.74, 6) is -0.284. The fraction of sp³-hybridized carbons (Fsp3) is 0.500. The first-order valence-electron chi connectivity index (χ1n) is 6.15. The van der Waals surface area contributed by atoms with Crippen molar-refractivity contribution < 1.29 is 9.90 Å². The van der Waals surface area contributed by atoms with Gasteiger partial charge < -0.3 is 10.4 Å². The highest BCUT2D eigenvalue weighted by Crippen LogP contribution is 2.38. The third-order valence-corrected chi connectivity index (χ3v) is 3.55. The lowest BCUT2D eigenvalue weighted by atomic mass is 9.87. The van der Waals surface area contributed by atoms with Crippen molar-refractivity contribution >= 4 is 5.91 Å². The fourth-order valence-corrected chi connectivity index (χ4v) is 2.71. The highest BCUT2D eigenvalue weighted by Gasteiger charge is 2.36. The van der Waals surface area contributed by atoms with Crippen molar-refractivity contribution in [3.63, 3.8) is 0 Å². The highest BCUT2D eigenvalue weighted by atomic mass is 16.3. The molecule has 1 aliphatic rings. The predicted molar refractivity (Wildman–Crippen MR) is 66.6 cm³/mol. The summed E-state index contributed by atoms with van der Waals surface area (Å²) in [5, 5.41) is 11.9. The van der Waals surface area contributed by atoms with Crippen LogP contribution in [-0.4, -0.2) is 17.6 Å². The Morgan fingerprint density at radius 2 is 2.12 bits per heavy atom. The van der Waals surface area contributed by atoms with Crippen LogP contribution in [0.2, 0.25) is 0 Å². The normalized spacial score (nSPS) is 18.0. The Labute approximate surface area is 102 Å². The molecule has 0 atom stereocenters. The van der Waals surface area contributed by atoms with Gasteiger partial charge in [-0.1, -0.05) is 42.7 Å². The summed E-state index contributed by atoms with van der Waals surface area (Å²) in [4.78, 5) is 11.5. The van der Waals surface area contributed by atoms with Crippen LogP contribution in [0, 0.1) is 6.92 Å². The van der Waals surface area contributed by atoms with Gasteiger partial charge in [0.25, 0.3) is 0 Å². The molecule has 2 rings (SSSR count). The quantitative estimate of drug-likeness (QED) is 0.837. The molecule has 3 nitrogen and oxygen atoms in total. The van der Waals surface area contributed by atoms with Crippen molar-refractivity contribution in [3.8, 4) is 0 Å². The average molecular weight is 233 g/mol. The van der Waals surface area contributed by atoms with Crippen LogP contribution in [-0.2, 0) is 10.3 Å². The first-order chi connectivity index (χ1) is 8.16. The van der Waals surface area contributed by atoms with E-state index in [9.17, 15) is 4.79 Å². The molecule has 1 aromatic carbocycles. The molecule has 3 heteroatoms. The average Bonchev–Trinajstić information content (AvgIpc) is 2.79. The van der Waals surface area contributed by atoms with Gasteiger partial charge in [-0.05, 0) is 25.3 Å². The van der Waals surface area contributed by atoms with Crippen LogP contribution in [0.5, 0.6) is 0 Å². The van der Waals surface area contributed by atoms with E-state index in [0.717, 1.165) is 31.2 Å². The van der Waals surface area contributed by atoms with E-state index in [-0.39, 0.29) is 11.4 Å². The monoisotopic (exact) mass is 233 g/mol. The summed E-state index contributed by atoms with van der Waals surface area (Å²) in [6.45, 7) is 1.62. The molecule has 0 heterocycles. The molecule has 0 aromatic heterocycles. The predicted octanol–water partition coefficient (Wildman–Crippen LogP) is 1.87. The van der Waals surface area contributed by atoms with Crippen LogP contribution in [0.15, 0.2) is 24.3 Å². The summed E-state index contributed by atoms with van der Waals surface area (Å²) >= 11 is 0. The van der Waals surface area contributed by atoms with Crippen LogP contribution in [0.4, 0.5) is 0 Å². The molecule has 92 valence electrons. The molecule has 1 fully saturated rings. The van der Waals surface area contributed by atoms with Gasteiger partial charge in [0.15, 0.2) is 0 Å². The molecule has 2 N–H and O–H groups in total. The van der Waals surface area contributed by atoms with E-state index in [1.807, 2.05) is 6.07 Å². The Balaban J connectivity index is 2.30. The van der Waals surface area contributed by atoms with Gasteiger partial charge in [0, 0.05) is 0 Å². The van der Waals surface area contributed by atoms with Gasteiger partial charge in [0.2, 0.25) is 5.91 Å². The lowest BCUT2D eigenvalue weighted by Crippen LogP contribution is -2.45. The summed E-state index contributed by atoms with van der Waals surface area (Å²) in [6, 6.07) is 8.27. The number of carbonyl (C=O) groups excluding carboxylic acids is 1. The van der Waals surface area contributed by atoms with E-state index in [1.54, 1.807) is 0 Å². The van der Waals surface area contributed by atoms with Gasteiger partial charge in [-0.25, -0.2) is 0 Å². The van der Waals surface area contributed by atoms with Gasteiger partial charge in [-0.15, -0.1) is 0 Å². The first-order valence-corrected chi connectivity index (χ1v) is 6.15. The summed E-state index contributed by atoms with van der Waals surface area (Å²) in [5.41, 5.74) is 2.11. The minimum Gasteiger partial charge on any atom is -0.387 e. The number of carbonyl (C=O) groups is 1. The SMILES string of the molecule is Cc1cccc(C2(NC(=O)CO)CCCC2)c1. The van der Waals surface area contributed by atoms with Gasteiger partial charge in [0.05, 0.1) is 5.54 Å². The maximum atomic E-state index is 11.5. The standard InChI is InChI=1S/C14H19NO2/c1-11-5-4-6-12(9-11)14(7-2-3-8-14)15-13(17)10-16/h4-6,9,16H,2-3,7-8,10H2,1H3,(H,15,17). The Kier molecular flexibility index (Phi) is 3.48. The Bertz CT molecular complexity index is 408. The van der Waals surface area contributed by atoms with Crippen molar-refractivity contribution in [2.75, 3.05) is 6.61 Å². The number of aryl methyl sites for hydroxylation is 1. The Morgan fingerprint density at radius 1 is 1.41 bits per heavy atom. The van der Waals surface area contributed by atoms with E-state index in [4.69, 9.17) is 5.11 Å². The molecular weight excluding hydrogens is 214 g/mol. The molecule has 0 spiro atoms. The van der Waals surface area contributed by atoms with E-state index in [2.05, 4.69) is 30.4 Å². The van der Waals surface area contributed by atoms with Gasteiger partial charge >= 0.3 is 0 Å². The fourth-order valence-electron chi connectivity index (χ4n) is 2.71. The van der Waals surface area contributed by atoms with Crippen molar-refractivity contribution in [2.45, 2.75) is 38.1 Å². The maximum absolute atomic E-state index is 11.5. The van der Waals surface area contributed by atoms with E-state index in [1.165, 1.54) is 5.56 Å². The largest absolute Gasteiger partial charge is 0.387 e. The highest BCUT2D eigenvalue weighted by molar-refractivity contribution is 5.78. The molecule has 0 bridgehead atoms. The van der Waals surface area contributed by atoms with Crippen LogP contribution in [0.3, 0.4) is 0 Å². The third kappa shape index (κ3) is 2.50. The van der Waals surface area contributed by atoms with Crippen LogP contribution >= 0.6 is 0 Å². The summed E-state index contributed by atoms with van der Waals surface area (Å²) in [7, 11) is 0. The minimum absolute atomic E-state index is 0.258. The van der Waals surface area contributed by atoms with Crippen molar-refractivity contribution in [3.05, 3.63) is 35.4 Å². The van der Waals surface area contributed by atoms with Gasteiger partial charge in [-0.2, -0.15) is 0 Å². The minimum atomic E-state index is -0.437. The summed E-state index contributed by atoms with van der Waals surface area (Å²) in [6.07, 6.45) is 4.17. The molecule has 1 aliphatic carbocycles. The Hall–Kier alpha value is -1.35. The third-order valence-electron chi connectivity index (χ3n) is 3.55. The lowest BCUT2D eigenvalue weighted by molar-refractivity contribution is -0.125. The van der Waals surface area contributed by atoms with Gasteiger partial charge in [-0.3, -0.25) is 4.79 Å². The molecule has 1 aromatic rings. The van der Waals surface area contributed by atoms with E-state index in [0.29, 0.717) is 0 Å². The number of rotatable bonds is 3. The smallest absolute Gasteiger partial charge is 0.246 e. The number of aliphatic hydroxyl groups excluding tert-OH is 1. The van der Waals surface area contributed by atoms with E-state index >= 15 is 0 Å². The summed E-state index contributed by atoms with van der Waals surface area (Å²) < 4.78 is 0. The second-order valence-electron chi connectivity index (χ2n) is 4.86. The maximum Gasteiger partial charge on any atom is 0.246 e. The second-order valence-corrected chi connectivity index (χ2v) is 4.86. The number of hydrogen-bond acceptors (Lipinski definition) is 2.